The van der Waals surface area contributed by atoms with Crippen LogP contribution in [0.2, 0.25) is 5.02 Å². The van der Waals surface area contributed by atoms with Crippen LogP contribution in [0.3, 0.4) is 0 Å². The van der Waals surface area contributed by atoms with Gasteiger partial charge in [0.25, 0.3) is 0 Å². The fourth-order valence-corrected chi connectivity index (χ4v) is 4.22. The number of rotatable bonds is 3. The van der Waals surface area contributed by atoms with Gasteiger partial charge in [-0.05, 0) is 30.2 Å². The molecule has 110 valence electrons. The van der Waals surface area contributed by atoms with Crippen LogP contribution < -0.4 is 0 Å². The Morgan fingerprint density at radius 1 is 1.45 bits per heavy atom. The van der Waals surface area contributed by atoms with E-state index in [2.05, 4.69) is 0 Å². The largest absolute Gasteiger partial charge is 0.480 e. The molecule has 0 amide bonds. The molecule has 7 heteroatoms. The average molecular weight is 318 g/mol. The zero-order chi connectivity index (χ0) is 14.9. The molecule has 2 rings (SSSR count). The van der Waals surface area contributed by atoms with E-state index >= 15 is 0 Å². The predicted molar refractivity (Wildman–Crippen MR) is 76.7 cm³/mol. The van der Waals surface area contributed by atoms with Gasteiger partial charge in [-0.3, -0.25) is 9.69 Å². The molecule has 1 heterocycles. The molecule has 0 bridgehead atoms. The molecule has 1 aliphatic heterocycles. The summed E-state index contributed by atoms with van der Waals surface area (Å²) in [7, 11) is -3.27. The van der Waals surface area contributed by atoms with Gasteiger partial charge in [-0.1, -0.05) is 17.7 Å². The van der Waals surface area contributed by atoms with Gasteiger partial charge in [0, 0.05) is 18.1 Å². The van der Waals surface area contributed by atoms with Crippen LogP contribution in [0.1, 0.15) is 11.1 Å². The summed E-state index contributed by atoms with van der Waals surface area (Å²) in [6.07, 6.45) is 0. The number of aliphatic carboxylic acids is 1. The van der Waals surface area contributed by atoms with Gasteiger partial charge in [0.2, 0.25) is 0 Å². The summed E-state index contributed by atoms with van der Waals surface area (Å²) in [5.74, 6) is -1.44. The van der Waals surface area contributed by atoms with Crippen molar-refractivity contribution >= 4 is 27.4 Å². The zero-order valence-corrected chi connectivity index (χ0v) is 12.6. The van der Waals surface area contributed by atoms with Gasteiger partial charge in [-0.2, -0.15) is 0 Å². The quantitative estimate of drug-likeness (QED) is 0.910. The predicted octanol–water partition coefficient (Wildman–Crippen LogP) is 1.33. The molecule has 0 aromatic heterocycles. The second kappa shape index (κ2) is 5.71. The summed E-state index contributed by atoms with van der Waals surface area (Å²) in [5, 5.41) is 9.79. The lowest BCUT2D eigenvalue weighted by Gasteiger charge is -2.32. The molecule has 1 aliphatic rings. The highest BCUT2D eigenvalue weighted by molar-refractivity contribution is 7.91. The Morgan fingerprint density at radius 3 is 2.75 bits per heavy atom. The first kappa shape index (κ1) is 15.3. The summed E-state index contributed by atoms with van der Waals surface area (Å²) < 4.78 is 23.1. The molecule has 0 aliphatic carbocycles. The van der Waals surface area contributed by atoms with E-state index in [1.165, 1.54) is 0 Å². The van der Waals surface area contributed by atoms with Crippen molar-refractivity contribution in [3.05, 3.63) is 34.3 Å². The first-order valence-corrected chi connectivity index (χ1v) is 8.40. The SMILES string of the molecule is Cc1cc(Cl)cc(CN2CCS(=O)(=O)CC2C(=O)O)c1. The second-order valence-electron chi connectivity index (χ2n) is 5.08. The Balaban J connectivity index is 2.20. The van der Waals surface area contributed by atoms with Gasteiger partial charge in [-0.25, -0.2) is 8.42 Å². The van der Waals surface area contributed by atoms with Crippen LogP contribution in [0.25, 0.3) is 0 Å². The third-order valence-electron chi connectivity index (χ3n) is 3.31. The van der Waals surface area contributed by atoms with Crippen molar-refractivity contribution in [1.82, 2.24) is 4.90 Å². The number of halogens is 1. The summed E-state index contributed by atoms with van der Waals surface area (Å²) in [5.41, 5.74) is 1.88. The molecule has 1 aromatic rings. The number of carboxylic acid groups (broad SMARTS) is 1. The molecule has 20 heavy (non-hydrogen) atoms. The first-order chi connectivity index (χ1) is 9.27. The van der Waals surface area contributed by atoms with Crippen LogP contribution in [0.5, 0.6) is 0 Å². The van der Waals surface area contributed by atoms with Gasteiger partial charge in [0.15, 0.2) is 9.84 Å². The molecule has 1 N–H and O–H groups in total. The average Bonchev–Trinajstić information content (AvgIpc) is 2.29. The van der Waals surface area contributed by atoms with Crippen LogP contribution in [0, 0.1) is 6.92 Å². The maximum absolute atomic E-state index is 11.6. The normalized spacial score (nSPS) is 22.6. The number of hydrogen-bond acceptors (Lipinski definition) is 4. The number of carbonyl (C=O) groups is 1. The van der Waals surface area contributed by atoms with Crippen molar-refractivity contribution < 1.29 is 18.3 Å². The van der Waals surface area contributed by atoms with Gasteiger partial charge >= 0.3 is 5.97 Å². The maximum Gasteiger partial charge on any atom is 0.321 e. The Bertz CT molecular complexity index is 609. The van der Waals surface area contributed by atoms with Gasteiger partial charge in [0.1, 0.15) is 6.04 Å². The van der Waals surface area contributed by atoms with Crippen LogP contribution in [0.15, 0.2) is 18.2 Å². The highest BCUT2D eigenvalue weighted by Gasteiger charge is 2.35. The smallest absolute Gasteiger partial charge is 0.321 e. The Morgan fingerprint density at radius 2 is 2.15 bits per heavy atom. The van der Waals surface area contributed by atoms with Crippen molar-refractivity contribution in [3.63, 3.8) is 0 Å². The summed E-state index contributed by atoms with van der Waals surface area (Å²) >= 11 is 5.98. The van der Waals surface area contributed by atoms with Gasteiger partial charge < -0.3 is 5.11 Å². The number of aryl methyl sites for hydroxylation is 1. The fourth-order valence-electron chi connectivity index (χ4n) is 2.40. The fraction of sp³-hybridized carbons (Fsp3) is 0.462. The standard InChI is InChI=1S/C13H16ClNO4S/c1-9-4-10(6-11(14)5-9)7-15-2-3-20(18,19)8-12(15)13(16)17/h4-6,12H,2-3,7-8H2,1H3,(H,16,17). The molecular weight excluding hydrogens is 302 g/mol. The van der Waals surface area contributed by atoms with Crippen LogP contribution in [-0.2, 0) is 21.2 Å². The third kappa shape index (κ3) is 3.71. The molecule has 0 radical (unpaired) electrons. The lowest BCUT2D eigenvalue weighted by atomic mass is 10.1. The van der Waals surface area contributed by atoms with Gasteiger partial charge in [-0.15, -0.1) is 0 Å². The molecule has 1 atom stereocenters. The summed E-state index contributed by atoms with van der Waals surface area (Å²) in [4.78, 5) is 12.9. The third-order valence-corrected chi connectivity index (χ3v) is 5.16. The molecule has 0 saturated carbocycles. The van der Waals surface area contributed by atoms with E-state index in [1.807, 2.05) is 19.1 Å². The monoisotopic (exact) mass is 317 g/mol. The van der Waals surface area contributed by atoms with Crippen molar-refractivity contribution in [2.24, 2.45) is 0 Å². The highest BCUT2D eigenvalue weighted by Crippen LogP contribution is 2.20. The Kier molecular flexibility index (Phi) is 4.36. The van der Waals surface area contributed by atoms with E-state index in [4.69, 9.17) is 11.6 Å². The van der Waals surface area contributed by atoms with E-state index in [-0.39, 0.29) is 18.1 Å². The lowest BCUT2D eigenvalue weighted by Crippen LogP contribution is -2.51. The zero-order valence-electron chi connectivity index (χ0n) is 11.0. The number of hydrogen-bond donors (Lipinski definition) is 1. The van der Waals surface area contributed by atoms with E-state index < -0.39 is 21.8 Å². The molecule has 1 unspecified atom stereocenters. The minimum atomic E-state index is -3.27. The minimum Gasteiger partial charge on any atom is -0.480 e. The Labute approximate surface area is 123 Å². The second-order valence-corrected chi connectivity index (χ2v) is 7.74. The van der Waals surface area contributed by atoms with Crippen molar-refractivity contribution in [3.8, 4) is 0 Å². The molecular formula is C13H16ClNO4S. The number of nitrogens with zero attached hydrogens (tertiary/aromatic N) is 1. The first-order valence-electron chi connectivity index (χ1n) is 6.20. The molecule has 1 fully saturated rings. The molecule has 1 saturated heterocycles. The maximum atomic E-state index is 11.6. The summed E-state index contributed by atoms with van der Waals surface area (Å²) in [6, 6.07) is 4.53. The lowest BCUT2D eigenvalue weighted by molar-refractivity contribution is -0.142. The number of carboxylic acids is 1. The molecule has 5 nitrogen and oxygen atoms in total. The molecule has 1 aromatic carbocycles. The van der Waals surface area contributed by atoms with Crippen molar-refractivity contribution in [2.75, 3.05) is 18.1 Å². The topological polar surface area (TPSA) is 74.7 Å². The van der Waals surface area contributed by atoms with E-state index in [1.54, 1.807) is 11.0 Å². The van der Waals surface area contributed by atoms with Crippen LogP contribution in [0.4, 0.5) is 0 Å². The van der Waals surface area contributed by atoms with E-state index in [9.17, 15) is 18.3 Å². The summed E-state index contributed by atoms with van der Waals surface area (Å²) in [6.45, 7) is 2.52. The number of benzene rings is 1. The van der Waals surface area contributed by atoms with Gasteiger partial charge in [0.05, 0.1) is 11.5 Å². The van der Waals surface area contributed by atoms with E-state index in [0.717, 1.165) is 11.1 Å². The molecule has 0 spiro atoms. The Hall–Kier alpha value is -1.11. The van der Waals surface area contributed by atoms with Crippen LogP contribution in [-0.4, -0.2) is 48.5 Å². The van der Waals surface area contributed by atoms with E-state index in [0.29, 0.717) is 11.6 Å². The van der Waals surface area contributed by atoms with Crippen LogP contribution >= 0.6 is 11.6 Å². The minimum absolute atomic E-state index is 0.00364. The van der Waals surface area contributed by atoms with Crippen molar-refractivity contribution in [2.45, 2.75) is 19.5 Å². The highest BCUT2D eigenvalue weighted by atomic mass is 35.5. The van der Waals surface area contributed by atoms with Crippen molar-refractivity contribution in [1.29, 1.82) is 0 Å². The number of sulfone groups is 1.